The zero-order valence-electron chi connectivity index (χ0n) is 5.64. The van der Waals surface area contributed by atoms with Gasteiger partial charge in [-0.2, -0.15) is 0 Å². The van der Waals surface area contributed by atoms with Crippen molar-refractivity contribution in [2.75, 3.05) is 19.6 Å². The number of carbonyl (C=O) groups is 1. The van der Waals surface area contributed by atoms with Crippen molar-refractivity contribution in [2.24, 2.45) is 0 Å². The first-order chi connectivity index (χ1) is 4.31. The molecule has 0 heterocycles. The second kappa shape index (κ2) is 5.91. The number of ether oxygens (including phenoxy) is 1. The molecule has 0 atom stereocenters. The highest BCUT2D eigenvalue weighted by Gasteiger charge is 1.95. The maximum atomic E-state index is 10.6. The maximum Gasteiger partial charge on any atom is 0.280 e. The molecule has 0 saturated heterocycles. The SMILES string of the molecule is CCSC(=O)NCOC. The van der Waals surface area contributed by atoms with Crippen molar-refractivity contribution < 1.29 is 9.53 Å². The summed E-state index contributed by atoms with van der Waals surface area (Å²) in [6.45, 7) is 2.23. The van der Waals surface area contributed by atoms with Crippen molar-refractivity contribution in [2.45, 2.75) is 6.92 Å². The number of hydrogen-bond acceptors (Lipinski definition) is 3. The third-order valence-corrected chi connectivity index (χ3v) is 1.33. The lowest BCUT2D eigenvalue weighted by molar-refractivity contribution is 0.180. The highest BCUT2D eigenvalue weighted by molar-refractivity contribution is 8.13. The lowest BCUT2D eigenvalue weighted by Gasteiger charge is -1.99. The first-order valence-electron chi connectivity index (χ1n) is 2.70. The molecule has 0 spiro atoms. The Hall–Kier alpha value is -0.220. The summed E-state index contributed by atoms with van der Waals surface area (Å²) < 4.78 is 4.61. The van der Waals surface area contributed by atoms with Crippen LogP contribution in [0.25, 0.3) is 0 Å². The number of hydrogen-bond donors (Lipinski definition) is 1. The third kappa shape index (κ3) is 5.65. The topological polar surface area (TPSA) is 38.3 Å². The standard InChI is InChI=1S/C5H11NO2S/c1-3-9-5(7)6-4-8-2/h3-4H2,1-2H3,(H,6,7). The molecule has 0 aliphatic rings. The fraction of sp³-hybridized carbons (Fsp3) is 0.800. The number of methoxy groups -OCH3 is 1. The quantitative estimate of drug-likeness (QED) is 0.609. The summed E-state index contributed by atoms with van der Waals surface area (Å²) in [5.74, 6) is 0.801. The van der Waals surface area contributed by atoms with E-state index in [0.29, 0.717) is 6.73 Å². The Morgan fingerprint density at radius 2 is 2.44 bits per heavy atom. The van der Waals surface area contributed by atoms with Crippen LogP contribution in [0.1, 0.15) is 6.92 Å². The van der Waals surface area contributed by atoms with Crippen molar-refractivity contribution in [3.8, 4) is 0 Å². The molecule has 0 aromatic rings. The lowest BCUT2D eigenvalue weighted by atomic mass is 11.0. The van der Waals surface area contributed by atoms with Crippen LogP contribution in [0.3, 0.4) is 0 Å². The minimum Gasteiger partial charge on any atom is -0.364 e. The molecule has 0 radical (unpaired) electrons. The van der Waals surface area contributed by atoms with Gasteiger partial charge in [-0.1, -0.05) is 18.7 Å². The van der Waals surface area contributed by atoms with Crippen LogP contribution in [-0.2, 0) is 4.74 Å². The van der Waals surface area contributed by atoms with Gasteiger partial charge < -0.3 is 10.1 Å². The van der Waals surface area contributed by atoms with E-state index in [2.05, 4.69) is 10.1 Å². The highest BCUT2D eigenvalue weighted by Crippen LogP contribution is 1.97. The molecule has 9 heavy (non-hydrogen) atoms. The smallest absolute Gasteiger partial charge is 0.280 e. The van der Waals surface area contributed by atoms with E-state index in [4.69, 9.17) is 0 Å². The van der Waals surface area contributed by atoms with Gasteiger partial charge in [0.05, 0.1) is 0 Å². The average Bonchev–Trinajstić information content (AvgIpc) is 1.85. The number of rotatable bonds is 3. The predicted molar refractivity (Wildman–Crippen MR) is 38.5 cm³/mol. The summed E-state index contributed by atoms with van der Waals surface area (Å²) in [4.78, 5) is 10.6. The number of carbonyl (C=O) groups excluding carboxylic acids is 1. The van der Waals surface area contributed by atoms with Crippen LogP contribution >= 0.6 is 11.8 Å². The maximum absolute atomic E-state index is 10.6. The van der Waals surface area contributed by atoms with Gasteiger partial charge in [-0.05, 0) is 5.75 Å². The summed E-state index contributed by atoms with van der Waals surface area (Å²) in [7, 11) is 1.54. The predicted octanol–water partition coefficient (Wildman–Crippen LogP) is 1.05. The van der Waals surface area contributed by atoms with E-state index in [1.165, 1.54) is 18.9 Å². The van der Waals surface area contributed by atoms with Crippen LogP contribution in [0.15, 0.2) is 0 Å². The molecule has 54 valence electrons. The Balaban J connectivity index is 3.06. The van der Waals surface area contributed by atoms with Crippen LogP contribution in [0.4, 0.5) is 4.79 Å². The summed E-state index contributed by atoms with van der Waals surface area (Å²) in [5, 5.41) is 2.51. The van der Waals surface area contributed by atoms with Gasteiger partial charge in [-0.25, -0.2) is 0 Å². The Labute approximate surface area is 59.1 Å². The van der Waals surface area contributed by atoms with E-state index < -0.39 is 0 Å². The van der Waals surface area contributed by atoms with Crippen LogP contribution in [0.5, 0.6) is 0 Å². The largest absolute Gasteiger partial charge is 0.364 e. The van der Waals surface area contributed by atoms with Crippen molar-refractivity contribution in [3.05, 3.63) is 0 Å². The first kappa shape index (κ1) is 8.78. The molecule has 0 saturated carbocycles. The van der Waals surface area contributed by atoms with Crippen molar-refractivity contribution in [1.82, 2.24) is 5.32 Å². The van der Waals surface area contributed by atoms with E-state index in [0.717, 1.165) is 5.75 Å². The minimum atomic E-state index is -0.0284. The zero-order valence-corrected chi connectivity index (χ0v) is 6.46. The summed E-state index contributed by atoms with van der Waals surface area (Å²) in [6, 6.07) is 0. The zero-order chi connectivity index (χ0) is 7.11. The lowest BCUT2D eigenvalue weighted by Crippen LogP contribution is -2.20. The molecule has 0 unspecified atom stereocenters. The van der Waals surface area contributed by atoms with Gasteiger partial charge in [0, 0.05) is 7.11 Å². The van der Waals surface area contributed by atoms with Gasteiger partial charge in [-0.3, -0.25) is 4.79 Å². The molecule has 3 nitrogen and oxygen atoms in total. The van der Waals surface area contributed by atoms with E-state index in [1.54, 1.807) is 0 Å². The Kier molecular flexibility index (Phi) is 5.76. The van der Waals surface area contributed by atoms with Crippen LogP contribution in [-0.4, -0.2) is 24.8 Å². The second-order valence-corrected chi connectivity index (χ2v) is 2.57. The Morgan fingerprint density at radius 1 is 1.78 bits per heavy atom. The molecule has 0 aromatic heterocycles. The molecule has 0 aliphatic heterocycles. The van der Waals surface area contributed by atoms with E-state index in [-0.39, 0.29) is 5.24 Å². The molecular formula is C5H11NO2S. The van der Waals surface area contributed by atoms with Gasteiger partial charge in [-0.15, -0.1) is 0 Å². The normalized spacial score (nSPS) is 9.11. The van der Waals surface area contributed by atoms with Gasteiger partial charge in [0.1, 0.15) is 6.73 Å². The van der Waals surface area contributed by atoms with Crippen molar-refractivity contribution in [1.29, 1.82) is 0 Å². The summed E-state index contributed by atoms with van der Waals surface area (Å²) in [5.41, 5.74) is 0. The second-order valence-electron chi connectivity index (χ2n) is 1.33. The van der Waals surface area contributed by atoms with Crippen LogP contribution < -0.4 is 5.32 Å². The Morgan fingerprint density at radius 3 is 2.89 bits per heavy atom. The van der Waals surface area contributed by atoms with Gasteiger partial charge in [0.25, 0.3) is 5.24 Å². The minimum absolute atomic E-state index is 0.0284. The first-order valence-corrected chi connectivity index (χ1v) is 3.69. The molecular weight excluding hydrogens is 138 g/mol. The van der Waals surface area contributed by atoms with Gasteiger partial charge in [0.15, 0.2) is 0 Å². The highest BCUT2D eigenvalue weighted by atomic mass is 32.2. The van der Waals surface area contributed by atoms with Gasteiger partial charge >= 0.3 is 0 Å². The molecule has 1 N–H and O–H groups in total. The molecule has 1 amide bonds. The molecule has 0 aromatic carbocycles. The van der Waals surface area contributed by atoms with E-state index in [9.17, 15) is 4.79 Å². The molecule has 0 fully saturated rings. The number of thioether (sulfide) groups is 1. The fourth-order valence-corrected chi connectivity index (χ4v) is 0.736. The molecule has 0 aliphatic carbocycles. The number of nitrogens with one attached hydrogen (secondary N) is 1. The molecule has 0 bridgehead atoms. The van der Waals surface area contributed by atoms with Gasteiger partial charge in [0.2, 0.25) is 0 Å². The average molecular weight is 149 g/mol. The van der Waals surface area contributed by atoms with E-state index >= 15 is 0 Å². The molecule has 4 heteroatoms. The van der Waals surface area contributed by atoms with Crippen LogP contribution in [0, 0.1) is 0 Å². The molecule has 0 rings (SSSR count). The number of amides is 1. The summed E-state index contributed by atoms with van der Waals surface area (Å²) >= 11 is 1.24. The van der Waals surface area contributed by atoms with Crippen molar-refractivity contribution >= 4 is 17.0 Å². The van der Waals surface area contributed by atoms with E-state index in [1.807, 2.05) is 6.92 Å². The Bertz CT molecular complexity index is 87.0. The van der Waals surface area contributed by atoms with Crippen molar-refractivity contribution in [3.63, 3.8) is 0 Å². The fourth-order valence-electron chi connectivity index (χ4n) is 0.313. The third-order valence-electron chi connectivity index (χ3n) is 0.636. The van der Waals surface area contributed by atoms with Crippen LogP contribution in [0.2, 0.25) is 0 Å². The summed E-state index contributed by atoms with van der Waals surface area (Å²) in [6.07, 6.45) is 0. The monoisotopic (exact) mass is 149 g/mol.